The van der Waals surface area contributed by atoms with Gasteiger partial charge in [0.15, 0.2) is 0 Å². The van der Waals surface area contributed by atoms with Crippen LogP contribution in [0.1, 0.15) is 0 Å². The molecule has 0 radical (unpaired) electrons. The fourth-order valence-corrected chi connectivity index (χ4v) is 2.06. The molecule has 2 aromatic carbocycles. The molecular formula is C15H12O8P+. The van der Waals surface area contributed by atoms with Crippen LogP contribution in [0.5, 0.6) is 17.2 Å². The van der Waals surface area contributed by atoms with Gasteiger partial charge in [-0.3, -0.25) is 4.79 Å². The summed E-state index contributed by atoms with van der Waals surface area (Å²) in [4.78, 5) is 26.6. The first-order chi connectivity index (χ1) is 11.3. The van der Waals surface area contributed by atoms with E-state index in [-0.39, 0.29) is 33.8 Å². The van der Waals surface area contributed by atoms with Gasteiger partial charge in [0.1, 0.15) is 34.5 Å². The number of phenolic OH excluding ortho intramolecular Hbond substituents is 3. The second kappa shape index (κ2) is 7.10. The summed E-state index contributed by atoms with van der Waals surface area (Å²) in [5.74, 6) is -0.434. The molecule has 0 saturated carbocycles. The van der Waals surface area contributed by atoms with Crippen LogP contribution in [0.2, 0.25) is 0 Å². The molecule has 1 heterocycles. The summed E-state index contributed by atoms with van der Waals surface area (Å²) in [5, 5.41) is 28.4. The predicted octanol–water partition coefficient (Wildman–Crippen LogP) is 2.21. The monoisotopic (exact) mass is 351 g/mol. The van der Waals surface area contributed by atoms with Crippen molar-refractivity contribution in [1.29, 1.82) is 0 Å². The molecule has 0 fully saturated rings. The Morgan fingerprint density at radius 3 is 2.08 bits per heavy atom. The SMILES string of the molecule is O=[P+](O)O.O=c1c(-c2ccc(O)cc2)coc2cc(O)cc(O)c12. The van der Waals surface area contributed by atoms with Crippen LogP contribution in [-0.4, -0.2) is 25.1 Å². The van der Waals surface area contributed by atoms with E-state index in [2.05, 4.69) is 0 Å². The van der Waals surface area contributed by atoms with Crippen molar-refractivity contribution in [3.8, 4) is 28.4 Å². The molecule has 0 aliphatic rings. The van der Waals surface area contributed by atoms with Crippen molar-refractivity contribution in [3.63, 3.8) is 0 Å². The van der Waals surface area contributed by atoms with Gasteiger partial charge >= 0.3 is 8.25 Å². The molecule has 9 heteroatoms. The van der Waals surface area contributed by atoms with Crippen molar-refractivity contribution in [2.75, 3.05) is 0 Å². The first kappa shape index (κ1) is 17.4. The van der Waals surface area contributed by atoms with Crippen molar-refractivity contribution in [1.82, 2.24) is 0 Å². The summed E-state index contributed by atoms with van der Waals surface area (Å²) in [5.41, 5.74) is 0.522. The highest BCUT2D eigenvalue weighted by atomic mass is 31.1. The molecule has 0 bridgehead atoms. The average molecular weight is 351 g/mol. The number of aromatic hydroxyl groups is 3. The van der Waals surface area contributed by atoms with Crippen LogP contribution < -0.4 is 5.43 Å². The summed E-state index contributed by atoms with van der Waals surface area (Å²) >= 11 is 0. The highest BCUT2D eigenvalue weighted by molar-refractivity contribution is 7.30. The van der Waals surface area contributed by atoms with Crippen molar-refractivity contribution < 1.29 is 34.1 Å². The second-order valence-corrected chi connectivity index (χ2v) is 5.12. The first-order valence-corrected chi connectivity index (χ1v) is 7.58. The number of rotatable bonds is 1. The lowest BCUT2D eigenvalue weighted by Gasteiger charge is -2.05. The molecule has 124 valence electrons. The van der Waals surface area contributed by atoms with Gasteiger partial charge in [-0.15, -0.1) is 9.79 Å². The molecule has 0 saturated heterocycles. The Morgan fingerprint density at radius 2 is 1.50 bits per heavy atom. The van der Waals surface area contributed by atoms with E-state index in [1.165, 1.54) is 24.5 Å². The van der Waals surface area contributed by atoms with E-state index in [1.807, 2.05) is 0 Å². The topological polar surface area (TPSA) is 148 Å². The highest BCUT2D eigenvalue weighted by Gasteiger charge is 2.13. The van der Waals surface area contributed by atoms with Gasteiger partial charge in [0.2, 0.25) is 5.43 Å². The van der Waals surface area contributed by atoms with E-state index in [1.54, 1.807) is 12.1 Å². The Kier molecular flexibility index (Phi) is 5.15. The third kappa shape index (κ3) is 3.88. The Morgan fingerprint density at radius 1 is 0.917 bits per heavy atom. The zero-order valence-electron chi connectivity index (χ0n) is 11.9. The van der Waals surface area contributed by atoms with Gasteiger partial charge in [-0.25, -0.2) is 0 Å². The minimum absolute atomic E-state index is 0.00775. The van der Waals surface area contributed by atoms with E-state index in [4.69, 9.17) is 18.8 Å². The minimum atomic E-state index is -2.87. The Labute approximate surface area is 135 Å². The van der Waals surface area contributed by atoms with Crippen molar-refractivity contribution in [2.45, 2.75) is 0 Å². The van der Waals surface area contributed by atoms with E-state index in [0.717, 1.165) is 6.07 Å². The van der Waals surface area contributed by atoms with Gasteiger partial charge in [-0.1, -0.05) is 12.1 Å². The quantitative estimate of drug-likeness (QED) is 0.419. The lowest BCUT2D eigenvalue weighted by Crippen LogP contribution is -2.04. The maximum Gasteiger partial charge on any atom is 0.692 e. The second-order valence-electron chi connectivity index (χ2n) is 4.62. The first-order valence-electron chi connectivity index (χ1n) is 6.41. The fourth-order valence-electron chi connectivity index (χ4n) is 2.06. The highest BCUT2D eigenvalue weighted by Crippen LogP contribution is 2.29. The molecular weight excluding hydrogens is 339 g/mol. The van der Waals surface area contributed by atoms with Gasteiger partial charge in [-0.2, -0.15) is 0 Å². The van der Waals surface area contributed by atoms with E-state index >= 15 is 0 Å². The normalized spacial score (nSPS) is 10.1. The fraction of sp³-hybridized carbons (Fsp3) is 0. The molecule has 3 rings (SSSR count). The summed E-state index contributed by atoms with van der Waals surface area (Å²) in [6, 6.07) is 8.40. The number of hydrogen-bond donors (Lipinski definition) is 5. The number of benzene rings is 2. The molecule has 0 aliphatic carbocycles. The number of fused-ring (bicyclic) bond motifs is 1. The minimum Gasteiger partial charge on any atom is -0.508 e. The average Bonchev–Trinajstić information content (AvgIpc) is 2.47. The molecule has 5 N–H and O–H groups in total. The maximum absolute atomic E-state index is 12.4. The summed E-state index contributed by atoms with van der Waals surface area (Å²) in [6.45, 7) is 0. The summed E-state index contributed by atoms with van der Waals surface area (Å²) < 4.78 is 14.0. The smallest absolute Gasteiger partial charge is 0.508 e. The third-order valence-electron chi connectivity index (χ3n) is 3.02. The van der Waals surface area contributed by atoms with E-state index in [0.29, 0.717) is 5.56 Å². The van der Waals surface area contributed by atoms with Crippen LogP contribution in [-0.2, 0) is 4.57 Å². The van der Waals surface area contributed by atoms with Crippen molar-refractivity contribution >= 4 is 19.2 Å². The molecule has 0 amide bonds. The molecule has 0 unspecified atom stereocenters. The van der Waals surface area contributed by atoms with Gasteiger partial charge in [0, 0.05) is 16.7 Å². The Hall–Kier alpha value is -2.93. The van der Waals surface area contributed by atoms with Gasteiger partial charge < -0.3 is 19.7 Å². The van der Waals surface area contributed by atoms with Crippen LogP contribution in [0.25, 0.3) is 22.1 Å². The van der Waals surface area contributed by atoms with Crippen molar-refractivity contribution in [2.24, 2.45) is 0 Å². The van der Waals surface area contributed by atoms with Crippen LogP contribution in [0, 0.1) is 0 Å². The predicted molar refractivity (Wildman–Crippen MR) is 85.0 cm³/mol. The molecule has 24 heavy (non-hydrogen) atoms. The Bertz CT molecular complexity index is 942. The van der Waals surface area contributed by atoms with Gasteiger partial charge in [-0.05, 0) is 17.7 Å². The van der Waals surface area contributed by atoms with Crippen LogP contribution in [0.4, 0.5) is 0 Å². The lowest BCUT2D eigenvalue weighted by molar-refractivity contribution is 0.405. The summed E-state index contributed by atoms with van der Waals surface area (Å²) in [7, 11) is -2.87. The molecule has 0 spiro atoms. The lowest BCUT2D eigenvalue weighted by atomic mass is 10.0. The van der Waals surface area contributed by atoms with Crippen molar-refractivity contribution in [3.05, 3.63) is 52.9 Å². The zero-order valence-corrected chi connectivity index (χ0v) is 12.8. The molecule has 1 aromatic heterocycles. The van der Waals surface area contributed by atoms with Crippen LogP contribution in [0.3, 0.4) is 0 Å². The zero-order chi connectivity index (χ0) is 17.9. The largest absolute Gasteiger partial charge is 0.692 e. The van der Waals surface area contributed by atoms with Gasteiger partial charge in [0.25, 0.3) is 0 Å². The van der Waals surface area contributed by atoms with E-state index < -0.39 is 13.7 Å². The molecule has 0 atom stereocenters. The van der Waals surface area contributed by atoms with Crippen LogP contribution in [0.15, 0.2) is 51.9 Å². The third-order valence-corrected chi connectivity index (χ3v) is 3.02. The molecule has 8 nitrogen and oxygen atoms in total. The van der Waals surface area contributed by atoms with Gasteiger partial charge in [0.05, 0.1) is 5.56 Å². The Balaban J connectivity index is 0.000000471. The molecule has 3 aromatic rings. The standard InChI is InChI=1S/C15H10O5.HO3P/c16-9-3-1-8(2-4-9)11-7-20-13-6-10(17)5-12(18)14(13)15(11)19;1-4(2)3/h1-7,16-18H;(H-,1,2,3)/p+1. The number of hydrogen-bond acceptors (Lipinski definition) is 6. The van der Waals surface area contributed by atoms with Crippen LogP contribution >= 0.6 is 8.25 Å². The summed E-state index contributed by atoms with van der Waals surface area (Å²) in [6.07, 6.45) is 1.26. The van der Waals surface area contributed by atoms with E-state index in [9.17, 15) is 20.1 Å². The molecule has 0 aliphatic heterocycles. The number of phenols is 3. The maximum atomic E-state index is 12.4.